The molecule has 0 aliphatic heterocycles. The van der Waals surface area contributed by atoms with E-state index in [2.05, 4.69) is 24.9 Å². The van der Waals surface area contributed by atoms with Crippen molar-refractivity contribution in [2.24, 2.45) is 0 Å². The summed E-state index contributed by atoms with van der Waals surface area (Å²) >= 11 is 7.23. The second kappa shape index (κ2) is 7.81. The minimum absolute atomic E-state index is 0.0126. The number of rotatable bonds is 6. The zero-order chi connectivity index (χ0) is 20.5. The van der Waals surface area contributed by atoms with E-state index in [1.54, 1.807) is 36.9 Å². The molecule has 7 nitrogen and oxygen atoms in total. The van der Waals surface area contributed by atoms with E-state index in [0.717, 1.165) is 16.4 Å². The third-order valence-corrected chi connectivity index (χ3v) is 5.56. The van der Waals surface area contributed by atoms with Crippen molar-refractivity contribution in [3.05, 3.63) is 71.9 Å². The van der Waals surface area contributed by atoms with Gasteiger partial charge in [0.15, 0.2) is 10.9 Å². The average molecular weight is 436 g/mol. The second-order valence-electron chi connectivity index (χ2n) is 6.48. The van der Waals surface area contributed by atoms with Gasteiger partial charge >= 0.3 is 0 Å². The summed E-state index contributed by atoms with van der Waals surface area (Å²) in [4.78, 5) is 31.7. The van der Waals surface area contributed by atoms with E-state index in [0.29, 0.717) is 32.9 Å². The van der Waals surface area contributed by atoms with Crippen LogP contribution in [0.5, 0.6) is 11.5 Å². The molecular weight excluding hydrogens is 422 g/mol. The summed E-state index contributed by atoms with van der Waals surface area (Å²) < 4.78 is 5.84. The molecule has 0 amide bonds. The maximum atomic E-state index is 12.9. The molecule has 4 aromatic heterocycles. The Balaban J connectivity index is 1.35. The molecule has 0 saturated carbocycles. The Bertz CT molecular complexity index is 1370. The fourth-order valence-electron chi connectivity index (χ4n) is 3.08. The molecule has 30 heavy (non-hydrogen) atoms. The Morgan fingerprint density at radius 2 is 2.07 bits per heavy atom. The van der Waals surface area contributed by atoms with Gasteiger partial charge < -0.3 is 14.7 Å². The zero-order valence-electron chi connectivity index (χ0n) is 15.4. The molecule has 0 aliphatic carbocycles. The molecule has 9 heteroatoms. The highest BCUT2D eigenvalue weighted by atomic mass is 35.5. The number of ether oxygens (including phenoxy) is 1. The smallest absolute Gasteiger partial charge is 0.175 e. The molecular formula is C21H14ClN5O2S. The highest BCUT2D eigenvalue weighted by Crippen LogP contribution is 2.28. The number of Topliss-reactive ketones (excluding diaryl/α,β-unsaturated/α-hetero) is 1. The van der Waals surface area contributed by atoms with Crippen LogP contribution in [-0.4, -0.2) is 36.5 Å². The number of carbonyl (C=O) groups excluding carboxylic acids is 1. The third kappa shape index (κ3) is 3.74. The molecule has 5 rings (SSSR count). The van der Waals surface area contributed by atoms with Crippen LogP contribution in [0.2, 0.25) is 5.15 Å². The number of aromatic nitrogens is 5. The van der Waals surface area contributed by atoms with E-state index in [1.807, 2.05) is 24.3 Å². The molecule has 0 atom stereocenters. The summed E-state index contributed by atoms with van der Waals surface area (Å²) in [6.45, 7) is 0. The molecule has 0 unspecified atom stereocenters. The fraction of sp³-hybridized carbons (Fsp3) is 0.0476. The highest BCUT2D eigenvalue weighted by molar-refractivity contribution is 7.99. The van der Waals surface area contributed by atoms with Gasteiger partial charge in [0.05, 0.1) is 29.2 Å². The number of nitrogens with zero attached hydrogens (tertiary/aromatic N) is 3. The Morgan fingerprint density at radius 3 is 2.93 bits per heavy atom. The number of halogens is 1. The number of carbonyl (C=O) groups is 1. The minimum atomic E-state index is -0.0126. The van der Waals surface area contributed by atoms with Gasteiger partial charge in [-0.2, -0.15) is 0 Å². The first kappa shape index (κ1) is 18.7. The number of imidazole rings is 1. The zero-order valence-corrected chi connectivity index (χ0v) is 17.0. The first-order chi connectivity index (χ1) is 14.7. The number of benzene rings is 1. The molecule has 4 heterocycles. The van der Waals surface area contributed by atoms with Gasteiger partial charge in [0.2, 0.25) is 0 Å². The third-order valence-electron chi connectivity index (χ3n) is 4.48. The lowest BCUT2D eigenvalue weighted by Gasteiger charge is -2.05. The normalized spacial score (nSPS) is 11.2. The van der Waals surface area contributed by atoms with Gasteiger partial charge in [-0.25, -0.2) is 9.97 Å². The molecule has 0 bridgehead atoms. The standard InChI is InChI=1S/C21H14ClN5O2S/c22-20-7-17-18(10-25-20)27-21(26-17)30-11-19(28)15-9-24-16-4-3-12(6-14(15)16)29-13-2-1-5-23-8-13/h1-10,24H,11H2,(H,26,27). The lowest BCUT2D eigenvalue weighted by molar-refractivity contribution is 0.102. The van der Waals surface area contributed by atoms with E-state index in [9.17, 15) is 4.79 Å². The fourth-order valence-corrected chi connectivity index (χ4v) is 4.00. The van der Waals surface area contributed by atoms with Crippen LogP contribution < -0.4 is 4.74 Å². The number of aromatic amines is 2. The molecule has 1 aromatic carbocycles. The predicted octanol–water partition coefficient (Wildman–Crippen LogP) is 5.25. The monoisotopic (exact) mass is 435 g/mol. The van der Waals surface area contributed by atoms with E-state index >= 15 is 0 Å². The molecule has 148 valence electrons. The van der Waals surface area contributed by atoms with Crippen molar-refractivity contribution in [2.45, 2.75) is 5.16 Å². The SMILES string of the molecule is O=C(CSc1nc2cc(Cl)ncc2[nH]1)c1c[nH]c2ccc(Oc3cccnc3)cc12. The van der Waals surface area contributed by atoms with E-state index in [-0.39, 0.29) is 11.5 Å². The Labute approximate surface area is 179 Å². The van der Waals surface area contributed by atoms with E-state index in [4.69, 9.17) is 16.3 Å². The van der Waals surface area contributed by atoms with Gasteiger partial charge in [0.25, 0.3) is 0 Å². The number of thioether (sulfide) groups is 1. The van der Waals surface area contributed by atoms with Gasteiger partial charge in [0.1, 0.15) is 16.7 Å². The number of hydrogen-bond donors (Lipinski definition) is 2. The number of hydrogen-bond acceptors (Lipinski definition) is 6. The topological polar surface area (TPSA) is 96.6 Å². The molecule has 0 radical (unpaired) electrons. The molecule has 0 fully saturated rings. The first-order valence-electron chi connectivity index (χ1n) is 9.02. The highest BCUT2D eigenvalue weighted by Gasteiger charge is 2.15. The van der Waals surface area contributed by atoms with Gasteiger partial charge in [-0.05, 0) is 30.3 Å². The summed E-state index contributed by atoms with van der Waals surface area (Å²) in [6, 6.07) is 10.9. The van der Waals surface area contributed by atoms with Crippen LogP contribution in [0.15, 0.2) is 66.3 Å². The van der Waals surface area contributed by atoms with Crippen LogP contribution >= 0.6 is 23.4 Å². The van der Waals surface area contributed by atoms with Crippen molar-refractivity contribution in [3.63, 3.8) is 0 Å². The molecule has 0 spiro atoms. The molecule has 0 aliphatic rings. The van der Waals surface area contributed by atoms with E-state index in [1.165, 1.54) is 11.8 Å². The van der Waals surface area contributed by atoms with Crippen molar-refractivity contribution in [2.75, 3.05) is 5.75 Å². The van der Waals surface area contributed by atoms with Crippen molar-refractivity contribution < 1.29 is 9.53 Å². The van der Waals surface area contributed by atoms with Crippen molar-refractivity contribution in [3.8, 4) is 11.5 Å². The summed E-state index contributed by atoms with van der Waals surface area (Å²) in [5, 5.41) is 1.83. The second-order valence-corrected chi connectivity index (χ2v) is 7.83. The van der Waals surface area contributed by atoms with Crippen LogP contribution in [-0.2, 0) is 0 Å². The average Bonchev–Trinajstić information content (AvgIpc) is 3.36. The number of fused-ring (bicyclic) bond motifs is 2. The van der Waals surface area contributed by atoms with Crippen LogP contribution in [0, 0.1) is 0 Å². The number of H-pyrrole nitrogens is 2. The van der Waals surface area contributed by atoms with Crippen molar-refractivity contribution >= 4 is 51.1 Å². The quantitative estimate of drug-likeness (QED) is 0.214. The van der Waals surface area contributed by atoms with Crippen molar-refractivity contribution in [1.29, 1.82) is 0 Å². The Morgan fingerprint density at radius 1 is 1.13 bits per heavy atom. The van der Waals surface area contributed by atoms with Crippen LogP contribution in [0.1, 0.15) is 10.4 Å². The number of ketones is 1. The van der Waals surface area contributed by atoms with Gasteiger partial charge in [-0.15, -0.1) is 0 Å². The first-order valence-corrected chi connectivity index (χ1v) is 10.4. The molecule has 0 saturated heterocycles. The van der Waals surface area contributed by atoms with E-state index < -0.39 is 0 Å². The largest absolute Gasteiger partial charge is 0.456 e. The van der Waals surface area contributed by atoms with Gasteiger partial charge in [-0.3, -0.25) is 9.78 Å². The maximum Gasteiger partial charge on any atom is 0.175 e. The number of pyridine rings is 2. The minimum Gasteiger partial charge on any atom is -0.456 e. The van der Waals surface area contributed by atoms with Crippen LogP contribution in [0.4, 0.5) is 0 Å². The van der Waals surface area contributed by atoms with Crippen LogP contribution in [0.3, 0.4) is 0 Å². The lowest BCUT2D eigenvalue weighted by atomic mass is 10.1. The van der Waals surface area contributed by atoms with Crippen molar-refractivity contribution in [1.82, 2.24) is 24.9 Å². The molecule has 2 N–H and O–H groups in total. The van der Waals surface area contributed by atoms with Gasteiger partial charge in [0, 0.05) is 34.9 Å². The Hall–Kier alpha value is -3.36. The lowest BCUT2D eigenvalue weighted by Crippen LogP contribution is -2.01. The summed E-state index contributed by atoms with van der Waals surface area (Å²) in [7, 11) is 0. The van der Waals surface area contributed by atoms with Crippen LogP contribution in [0.25, 0.3) is 21.9 Å². The van der Waals surface area contributed by atoms with Gasteiger partial charge in [-0.1, -0.05) is 23.4 Å². The summed E-state index contributed by atoms with van der Waals surface area (Å²) in [5.74, 6) is 1.50. The summed E-state index contributed by atoms with van der Waals surface area (Å²) in [6.07, 6.45) is 6.67. The molecule has 5 aromatic rings. The Kier molecular flexibility index (Phi) is 4.86. The summed E-state index contributed by atoms with van der Waals surface area (Å²) in [5.41, 5.74) is 2.97. The predicted molar refractivity (Wildman–Crippen MR) is 117 cm³/mol. The maximum absolute atomic E-state index is 12.9. The number of nitrogens with one attached hydrogen (secondary N) is 2.